The second-order valence-electron chi connectivity index (χ2n) is 5.17. The van der Waals surface area contributed by atoms with Crippen molar-refractivity contribution in [1.82, 2.24) is 0 Å². The number of ether oxygens (including phenoxy) is 4. The molecule has 2 aromatic rings. The number of carbonyl (C=O) groups is 2. The van der Waals surface area contributed by atoms with Crippen molar-refractivity contribution < 1.29 is 28.5 Å². The maximum atomic E-state index is 12.0. The van der Waals surface area contributed by atoms with Crippen LogP contribution in [0.15, 0.2) is 42.5 Å². The summed E-state index contributed by atoms with van der Waals surface area (Å²) in [6.07, 6.45) is 0. The van der Waals surface area contributed by atoms with E-state index < -0.39 is 5.97 Å². The number of benzene rings is 2. The number of nitrogens with one attached hydrogen (secondary N) is 1. The molecule has 8 nitrogen and oxygen atoms in total. The lowest BCUT2D eigenvalue weighted by atomic mass is 10.2. The topological polar surface area (TPSA) is 107 Å². The zero-order chi connectivity index (χ0) is 19.6. The Kier molecular flexibility index (Phi) is 7.02. The maximum Gasteiger partial charge on any atom is 0.339 e. The van der Waals surface area contributed by atoms with Crippen molar-refractivity contribution in [2.45, 2.75) is 0 Å². The molecule has 140 valence electrons. The molecule has 1 amide bonds. The minimum atomic E-state index is -0.654. The van der Waals surface area contributed by atoms with Crippen molar-refractivity contribution in [1.29, 1.82) is 5.26 Å². The number of nitrogens with zero attached hydrogens (tertiary/aromatic N) is 1. The highest BCUT2D eigenvalue weighted by Gasteiger charge is 2.13. The van der Waals surface area contributed by atoms with Crippen molar-refractivity contribution >= 4 is 17.6 Å². The smallest absolute Gasteiger partial charge is 0.339 e. The Balaban J connectivity index is 1.96. The van der Waals surface area contributed by atoms with E-state index in [9.17, 15) is 9.59 Å². The maximum absolute atomic E-state index is 12.0. The van der Waals surface area contributed by atoms with Gasteiger partial charge in [0.1, 0.15) is 11.8 Å². The van der Waals surface area contributed by atoms with Gasteiger partial charge in [-0.05, 0) is 42.5 Å². The summed E-state index contributed by atoms with van der Waals surface area (Å²) in [5, 5.41) is 11.1. The minimum Gasteiger partial charge on any atom is -0.497 e. The molecule has 0 aromatic heterocycles. The molecule has 0 spiro atoms. The van der Waals surface area contributed by atoms with E-state index in [1.807, 2.05) is 0 Å². The molecule has 0 atom stereocenters. The number of methoxy groups -OCH3 is 2. The summed E-state index contributed by atoms with van der Waals surface area (Å²) < 4.78 is 20.4. The number of hydrogen-bond acceptors (Lipinski definition) is 7. The van der Waals surface area contributed by atoms with Crippen LogP contribution in [0.25, 0.3) is 0 Å². The van der Waals surface area contributed by atoms with Gasteiger partial charge in [-0.1, -0.05) is 0 Å². The SMILES string of the molecule is COc1ccc(NC(=O)COc2ccc(C(=O)OCC#N)cc2OC)cc1. The first-order valence-electron chi connectivity index (χ1n) is 7.86. The molecule has 0 bridgehead atoms. The third-order valence-electron chi connectivity index (χ3n) is 3.40. The quantitative estimate of drug-likeness (QED) is 0.711. The first-order valence-corrected chi connectivity index (χ1v) is 7.86. The zero-order valence-electron chi connectivity index (χ0n) is 14.9. The van der Waals surface area contributed by atoms with Gasteiger partial charge in [0.2, 0.25) is 0 Å². The van der Waals surface area contributed by atoms with Crippen LogP contribution in [0.2, 0.25) is 0 Å². The Bertz CT molecular complexity index is 842. The van der Waals surface area contributed by atoms with Crippen molar-refractivity contribution in [2.75, 3.05) is 32.8 Å². The van der Waals surface area contributed by atoms with Crippen LogP contribution in [0.4, 0.5) is 5.69 Å². The summed E-state index contributed by atoms with van der Waals surface area (Å²) in [6, 6.07) is 12.9. The van der Waals surface area contributed by atoms with E-state index in [1.54, 1.807) is 37.4 Å². The fourth-order valence-electron chi connectivity index (χ4n) is 2.11. The molecular formula is C19H18N2O6. The molecule has 0 fully saturated rings. The van der Waals surface area contributed by atoms with Crippen LogP contribution in [0, 0.1) is 11.3 Å². The van der Waals surface area contributed by atoms with Crippen molar-refractivity contribution in [3.63, 3.8) is 0 Å². The van der Waals surface area contributed by atoms with E-state index in [4.69, 9.17) is 24.2 Å². The Morgan fingerprint density at radius 2 is 1.78 bits per heavy atom. The summed E-state index contributed by atoms with van der Waals surface area (Å²) in [4.78, 5) is 23.8. The average Bonchev–Trinajstić information content (AvgIpc) is 2.70. The Morgan fingerprint density at radius 1 is 1.04 bits per heavy atom. The van der Waals surface area contributed by atoms with Gasteiger partial charge in [-0.25, -0.2) is 4.79 Å². The van der Waals surface area contributed by atoms with Gasteiger partial charge in [0.25, 0.3) is 5.91 Å². The van der Waals surface area contributed by atoms with Gasteiger partial charge in [0.05, 0.1) is 19.8 Å². The number of amides is 1. The molecule has 8 heteroatoms. The molecular weight excluding hydrogens is 352 g/mol. The van der Waals surface area contributed by atoms with E-state index in [1.165, 1.54) is 25.3 Å². The van der Waals surface area contributed by atoms with Gasteiger partial charge >= 0.3 is 5.97 Å². The van der Waals surface area contributed by atoms with Crippen LogP contribution < -0.4 is 19.5 Å². The number of esters is 1. The fourth-order valence-corrected chi connectivity index (χ4v) is 2.11. The van der Waals surface area contributed by atoms with Crippen LogP contribution in [0.3, 0.4) is 0 Å². The standard InChI is InChI=1S/C19H18N2O6/c1-24-15-6-4-14(5-7-15)21-18(22)12-27-16-8-3-13(11-17(16)25-2)19(23)26-10-9-20/h3-8,11H,10,12H2,1-2H3,(H,21,22). The van der Waals surface area contributed by atoms with Crippen molar-refractivity contribution in [3.8, 4) is 23.3 Å². The molecule has 0 aliphatic rings. The largest absolute Gasteiger partial charge is 0.497 e. The van der Waals surface area contributed by atoms with Gasteiger partial charge in [-0.2, -0.15) is 5.26 Å². The number of anilines is 1. The van der Waals surface area contributed by atoms with Crippen LogP contribution in [-0.4, -0.2) is 39.3 Å². The van der Waals surface area contributed by atoms with Crippen LogP contribution in [-0.2, 0) is 9.53 Å². The molecule has 2 aromatic carbocycles. The van der Waals surface area contributed by atoms with Crippen molar-refractivity contribution in [3.05, 3.63) is 48.0 Å². The van der Waals surface area contributed by atoms with Gasteiger partial charge in [0, 0.05) is 5.69 Å². The fraction of sp³-hybridized carbons (Fsp3) is 0.211. The average molecular weight is 370 g/mol. The first-order chi connectivity index (χ1) is 13.1. The molecule has 0 radical (unpaired) electrons. The zero-order valence-corrected chi connectivity index (χ0v) is 14.9. The normalized spacial score (nSPS) is 9.67. The highest BCUT2D eigenvalue weighted by Crippen LogP contribution is 2.28. The number of carbonyl (C=O) groups excluding carboxylic acids is 2. The molecule has 0 aliphatic carbocycles. The van der Waals surface area contributed by atoms with Crippen LogP contribution in [0.1, 0.15) is 10.4 Å². The highest BCUT2D eigenvalue weighted by molar-refractivity contribution is 5.92. The number of nitriles is 1. The van der Waals surface area contributed by atoms with Gasteiger partial charge in [0.15, 0.2) is 24.7 Å². The lowest BCUT2D eigenvalue weighted by molar-refractivity contribution is -0.118. The predicted molar refractivity (Wildman–Crippen MR) is 96.0 cm³/mol. The van der Waals surface area contributed by atoms with E-state index in [2.05, 4.69) is 5.32 Å². The Morgan fingerprint density at radius 3 is 2.41 bits per heavy atom. The van der Waals surface area contributed by atoms with E-state index in [-0.39, 0.29) is 30.4 Å². The van der Waals surface area contributed by atoms with Gasteiger partial charge in [-0.3, -0.25) is 4.79 Å². The molecule has 0 heterocycles. The number of rotatable bonds is 8. The molecule has 1 N–H and O–H groups in total. The summed E-state index contributed by atoms with van der Waals surface area (Å²) in [5.41, 5.74) is 0.809. The second kappa shape index (κ2) is 9.68. The van der Waals surface area contributed by atoms with E-state index in [0.717, 1.165) is 0 Å². The summed E-state index contributed by atoms with van der Waals surface area (Å²) in [7, 11) is 2.97. The Labute approximate surface area is 156 Å². The highest BCUT2D eigenvalue weighted by atomic mass is 16.5. The van der Waals surface area contributed by atoms with Crippen LogP contribution in [0.5, 0.6) is 17.2 Å². The summed E-state index contributed by atoms with van der Waals surface area (Å²) in [6.45, 7) is -0.592. The third-order valence-corrected chi connectivity index (χ3v) is 3.40. The van der Waals surface area contributed by atoms with Gasteiger partial charge in [-0.15, -0.1) is 0 Å². The number of hydrogen-bond donors (Lipinski definition) is 1. The molecule has 0 unspecified atom stereocenters. The van der Waals surface area contributed by atoms with Gasteiger partial charge < -0.3 is 24.3 Å². The molecule has 2 rings (SSSR count). The predicted octanol–water partition coefficient (Wildman–Crippen LogP) is 2.40. The molecule has 0 aliphatic heterocycles. The first kappa shape index (κ1) is 19.6. The molecule has 0 saturated heterocycles. The second-order valence-corrected chi connectivity index (χ2v) is 5.17. The molecule has 0 saturated carbocycles. The van der Waals surface area contributed by atoms with Crippen LogP contribution >= 0.6 is 0 Å². The summed E-state index contributed by atoms with van der Waals surface area (Å²) >= 11 is 0. The van der Waals surface area contributed by atoms with Crippen molar-refractivity contribution in [2.24, 2.45) is 0 Å². The van der Waals surface area contributed by atoms with E-state index >= 15 is 0 Å². The minimum absolute atomic E-state index is 0.206. The monoisotopic (exact) mass is 370 g/mol. The third kappa shape index (κ3) is 5.64. The Hall–Kier alpha value is -3.73. The lowest BCUT2D eigenvalue weighted by Gasteiger charge is -2.12. The lowest BCUT2D eigenvalue weighted by Crippen LogP contribution is -2.20. The molecule has 27 heavy (non-hydrogen) atoms. The van der Waals surface area contributed by atoms with E-state index in [0.29, 0.717) is 17.2 Å². The summed E-state index contributed by atoms with van der Waals surface area (Å²) in [5.74, 6) is 0.221.